The van der Waals surface area contributed by atoms with Crippen molar-refractivity contribution >= 4 is 38.9 Å². The van der Waals surface area contributed by atoms with Crippen LogP contribution in [0.5, 0.6) is 5.75 Å². The number of carbonyl (C=O) groups excluding carboxylic acids is 1. The Morgan fingerprint density at radius 3 is 2.48 bits per heavy atom. The second kappa shape index (κ2) is 8.92. The van der Waals surface area contributed by atoms with Crippen LogP contribution in [0.3, 0.4) is 0 Å². The number of hydrogen-bond acceptors (Lipinski definition) is 4. The maximum absolute atomic E-state index is 12.4. The van der Waals surface area contributed by atoms with Gasteiger partial charge in [0.15, 0.2) is 0 Å². The molecule has 0 fully saturated rings. The highest BCUT2D eigenvalue weighted by atomic mass is 35.5. The molecule has 0 radical (unpaired) electrons. The Labute approximate surface area is 164 Å². The Morgan fingerprint density at radius 1 is 1.26 bits per heavy atom. The third kappa shape index (κ3) is 6.01. The van der Waals surface area contributed by atoms with Gasteiger partial charge in [-0.3, -0.25) is 9.10 Å². The molecule has 0 heterocycles. The minimum absolute atomic E-state index is 0.330. The van der Waals surface area contributed by atoms with Gasteiger partial charge in [0, 0.05) is 10.7 Å². The van der Waals surface area contributed by atoms with Crippen molar-refractivity contribution in [3.63, 3.8) is 0 Å². The highest BCUT2D eigenvalue weighted by molar-refractivity contribution is 7.92. The molecule has 0 aromatic heterocycles. The van der Waals surface area contributed by atoms with E-state index in [1.807, 2.05) is 6.92 Å². The molecule has 144 valence electrons. The monoisotopic (exact) mass is 408 g/mol. The number of amides is 1. The van der Waals surface area contributed by atoms with Gasteiger partial charge in [-0.1, -0.05) is 30.3 Å². The van der Waals surface area contributed by atoms with Gasteiger partial charge in [0.05, 0.1) is 11.9 Å². The first-order chi connectivity index (χ1) is 12.7. The van der Waals surface area contributed by atoms with Gasteiger partial charge in [0.2, 0.25) is 15.9 Å². The van der Waals surface area contributed by atoms with Crippen molar-refractivity contribution in [3.05, 3.63) is 65.7 Å². The molecular formula is C19H21ClN2O4S. The lowest BCUT2D eigenvalue weighted by Gasteiger charge is -2.22. The first kappa shape index (κ1) is 20.8. The molecule has 2 aromatic rings. The Hall–Kier alpha value is -2.51. The van der Waals surface area contributed by atoms with E-state index in [1.165, 1.54) is 6.07 Å². The second-order valence-corrected chi connectivity index (χ2v) is 8.19. The molecule has 27 heavy (non-hydrogen) atoms. The number of anilines is 2. The smallest absolute Gasteiger partial charge is 0.245 e. The summed E-state index contributed by atoms with van der Waals surface area (Å²) >= 11 is 6.09. The first-order valence-corrected chi connectivity index (χ1v) is 10.3. The van der Waals surface area contributed by atoms with E-state index in [0.29, 0.717) is 28.8 Å². The van der Waals surface area contributed by atoms with Gasteiger partial charge in [-0.15, -0.1) is 0 Å². The van der Waals surface area contributed by atoms with Gasteiger partial charge in [-0.25, -0.2) is 8.42 Å². The van der Waals surface area contributed by atoms with Gasteiger partial charge in [-0.05, 0) is 48.9 Å². The summed E-state index contributed by atoms with van der Waals surface area (Å²) in [6, 6.07) is 11.6. The van der Waals surface area contributed by atoms with Crippen LogP contribution in [0.4, 0.5) is 11.4 Å². The van der Waals surface area contributed by atoms with E-state index in [2.05, 4.69) is 11.9 Å². The number of rotatable bonds is 8. The van der Waals surface area contributed by atoms with Crippen LogP contribution >= 0.6 is 11.6 Å². The molecule has 2 aromatic carbocycles. The normalized spacial score (nSPS) is 10.9. The van der Waals surface area contributed by atoms with E-state index in [-0.39, 0.29) is 6.54 Å². The summed E-state index contributed by atoms with van der Waals surface area (Å²) < 4.78 is 30.7. The maximum atomic E-state index is 12.4. The van der Waals surface area contributed by atoms with Crippen LogP contribution in [-0.2, 0) is 14.8 Å². The van der Waals surface area contributed by atoms with Crippen LogP contribution in [0.15, 0.2) is 55.1 Å². The summed E-state index contributed by atoms with van der Waals surface area (Å²) in [5.41, 5.74) is 1.68. The number of hydrogen-bond donors (Lipinski definition) is 1. The summed E-state index contributed by atoms with van der Waals surface area (Å²) in [6.07, 6.45) is 2.67. The SMILES string of the molecule is C=CCOc1ccc(NC(=O)CN(c2ccc(C)c(Cl)c2)S(C)(=O)=O)cc1. The summed E-state index contributed by atoms with van der Waals surface area (Å²) in [5, 5.41) is 3.10. The zero-order chi connectivity index (χ0) is 20.0. The van der Waals surface area contributed by atoms with Crippen molar-refractivity contribution in [3.8, 4) is 5.75 Å². The molecule has 0 aliphatic heterocycles. The Balaban J connectivity index is 2.12. The topological polar surface area (TPSA) is 75.7 Å². The molecule has 0 bridgehead atoms. The number of nitrogens with zero attached hydrogens (tertiary/aromatic N) is 1. The third-order valence-electron chi connectivity index (χ3n) is 3.64. The number of nitrogens with one attached hydrogen (secondary N) is 1. The predicted octanol–water partition coefficient (Wildman–Crippen LogP) is 3.62. The van der Waals surface area contributed by atoms with Crippen LogP contribution < -0.4 is 14.4 Å². The highest BCUT2D eigenvalue weighted by Gasteiger charge is 2.21. The van der Waals surface area contributed by atoms with Crippen molar-refractivity contribution in [2.45, 2.75) is 6.92 Å². The van der Waals surface area contributed by atoms with Crippen molar-refractivity contribution < 1.29 is 17.9 Å². The van der Waals surface area contributed by atoms with Crippen LogP contribution in [0.25, 0.3) is 0 Å². The summed E-state index contributed by atoms with van der Waals surface area (Å²) in [5.74, 6) is 0.164. The van der Waals surface area contributed by atoms with E-state index in [0.717, 1.165) is 16.1 Å². The summed E-state index contributed by atoms with van der Waals surface area (Å²) in [6.45, 7) is 5.40. The number of benzene rings is 2. The number of ether oxygens (including phenoxy) is 1. The van der Waals surface area contributed by atoms with E-state index in [9.17, 15) is 13.2 Å². The maximum Gasteiger partial charge on any atom is 0.245 e. The number of carbonyl (C=O) groups is 1. The molecule has 2 rings (SSSR count). The molecule has 1 N–H and O–H groups in total. The fourth-order valence-corrected chi connectivity index (χ4v) is 3.28. The van der Waals surface area contributed by atoms with Crippen LogP contribution in [0, 0.1) is 6.92 Å². The zero-order valence-electron chi connectivity index (χ0n) is 15.1. The van der Waals surface area contributed by atoms with Crippen molar-refractivity contribution in [1.82, 2.24) is 0 Å². The molecule has 0 unspecified atom stereocenters. The molecule has 0 saturated carbocycles. The van der Waals surface area contributed by atoms with Gasteiger partial charge in [0.1, 0.15) is 18.9 Å². The van der Waals surface area contributed by atoms with Gasteiger partial charge >= 0.3 is 0 Å². The summed E-state index contributed by atoms with van der Waals surface area (Å²) in [4.78, 5) is 12.4. The van der Waals surface area contributed by atoms with Crippen molar-refractivity contribution in [2.24, 2.45) is 0 Å². The number of sulfonamides is 1. The van der Waals surface area contributed by atoms with Crippen LogP contribution in [0.1, 0.15) is 5.56 Å². The minimum atomic E-state index is -3.67. The average molecular weight is 409 g/mol. The second-order valence-electron chi connectivity index (χ2n) is 5.88. The largest absolute Gasteiger partial charge is 0.490 e. The van der Waals surface area contributed by atoms with Crippen LogP contribution in [-0.4, -0.2) is 33.7 Å². The van der Waals surface area contributed by atoms with Gasteiger partial charge in [0.25, 0.3) is 0 Å². The molecule has 6 nitrogen and oxygen atoms in total. The summed E-state index contributed by atoms with van der Waals surface area (Å²) in [7, 11) is -3.67. The predicted molar refractivity (Wildman–Crippen MR) is 109 cm³/mol. The molecule has 0 aliphatic rings. The fourth-order valence-electron chi connectivity index (χ4n) is 2.26. The van der Waals surface area contributed by atoms with E-state index >= 15 is 0 Å². The third-order valence-corrected chi connectivity index (χ3v) is 5.18. The molecule has 1 amide bonds. The first-order valence-electron chi connectivity index (χ1n) is 8.08. The van der Waals surface area contributed by atoms with Crippen molar-refractivity contribution in [2.75, 3.05) is 29.0 Å². The van der Waals surface area contributed by atoms with Gasteiger partial charge in [-0.2, -0.15) is 0 Å². The molecule has 0 saturated heterocycles. The number of halogens is 1. The van der Waals surface area contributed by atoms with E-state index in [1.54, 1.807) is 42.5 Å². The lowest BCUT2D eigenvalue weighted by atomic mass is 10.2. The fraction of sp³-hybridized carbons (Fsp3) is 0.211. The van der Waals surface area contributed by atoms with E-state index in [4.69, 9.17) is 16.3 Å². The molecule has 8 heteroatoms. The molecule has 0 spiro atoms. The Kier molecular flexibility index (Phi) is 6.87. The van der Waals surface area contributed by atoms with E-state index < -0.39 is 15.9 Å². The molecule has 0 aliphatic carbocycles. The molecular weight excluding hydrogens is 388 g/mol. The Bertz CT molecular complexity index is 927. The Morgan fingerprint density at radius 2 is 1.93 bits per heavy atom. The average Bonchev–Trinajstić information content (AvgIpc) is 2.60. The highest BCUT2D eigenvalue weighted by Crippen LogP contribution is 2.25. The standard InChI is InChI=1S/C19H21ClN2O4S/c1-4-11-26-17-9-6-15(7-10-17)21-19(23)13-22(27(3,24)25)16-8-5-14(2)18(20)12-16/h4-10,12H,1,11,13H2,2-3H3,(H,21,23). The minimum Gasteiger partial charge on any atom is -0.490 e. The number of aryl methyl sites for hydroxylation is 1. The lowest BCUT2D eigenvalue weighted by Crippen LogP contribution is -2.37. The van der Waals surface area contributed by atoms with Crippen LogP contribution in [0.2, 0.25) is 5.02 Å². The van der Waals surface area contributed by atoms with Gasteiger partial charge < -0.3 is 10.1 Å². The lowest BCUT2D eigenvalue weighted by molar-refractivity contribution is -0.114. The zero-order valence-corrected chi connectivity index (χ0v) is 16.7. The molecule has 0 atom stereocenters. The van der Waals surface area contributed by atoms with Crippen molar-refractivity contribution in [1.29, 1.82) is 0 Å². The quantitative estimate of drug-likeness (QED) is 0.677.